The number of amidine groups is 2. The molecule has 4 heterocycles. The number of nitrogens with zero attached hydrogens (tertiary/aromatic N) is 4. The number of carbonyl (C=O) groups is 1. The number of hydrazone groups is 1. The summed E-state index contributed by atoms with van der Waals surface area (Å²) in [6.07, 6.45) is 4.76. The maximum absolute atomic E-state index is 13.1. The molecule has 5 rings (SSSR count). The highest BCUT2D eigenvalue weighted by molar-refractivity contribution is 8.27. The fourth-order valence-corrected chi connectivity index (χ4v) is 3.84. The van der Waals surface area contributed by atoms with E-state index in [0.717, 1.165) is 5.56 Å². The van der Waals surface area contributed by atoms with Crippen molar-refractivity contribution in [1.29, 1.82) is 5.41 Å². The summed E-state index contributed by atoms with van der Waals surface area (Å²) in [7, 11) is 0. The largest absolute Gasteiger partial charge is 0.457 e. The van der Waals surface area contributed by atoms with Crippen LogP contribution in [0.1, 0.15) is 11.3 Å². The molecule has 2 aromatic heterocycles. The molecular weight excluding hydrogens is 405 g/mol. The molecule has 0 saturated heterocycles. The molecule has 7 nitrogen and oxygen atoms in total. The summed E-state index contributed by atoms with van der Waals surface area (Å²) < 4.78 is 18.9. The molecule has 1 aromatic carbocycles. The summed E-state index contributed by atoms with van der Waals surface area (Å²) in [5.74, 6) is -0.0505. The van der Waals surface area contributed by atoms with Gasteiger partial charge in [0.2, 0.25) is 5.17 Å². The Bertz CT molecular complexity index is 1260. The SMILES string of the molecule is N=C1C(=Cc2ccc(-c3ccc(F)cc3)o2)C(=O)N=C2SC(c3ccncc3)=NN12. The molecule has 0 fully saturated rings. The number of halogens is 1. The zero-order valence-electron chi connectivity index (χ0n) is 15.2. The molecule has 0 aliphatic carbocycles. The smallest absolute Gasteiger partial charge is 0.283 e. The van der Waals surface area contributed by atoms with E-state index in [2.05, 4.69) is 15.1 Å². The van der Waals surface area contributed by atoms with E-state index < -0.39 is 5.91 Å². The third-order valence-electron chi connectivity index (χ3n) is 4.42. The molecule has 3 aromatic rings. The predicted molar refractivity (Wildman–Crippen MR) is 112 cm³/mol. The van der Waals surface area contributed by atoms with Crippen molar-refractivity contribution in [2.45, 2.75) is 0 Å². The number of aromatic nitrogens is 1. The van der Waals surface area contributed by atoms with Crippen LogP contribution < -0.4 is 0 Å². The Balaban J connectivity index is 1.44. The molecule has 146 valence electrons. The van der Waals surface area contributed by atoms with Gasteiger partial charge in [0.25, 0.3) is 5.91 Å². The number of thioether (sulfide) groups is 1. The van der Waals surface area contributed by atoms with Crippen molar-refractivity contribution < 1.29 is 13.6 Å². The Labute approximate surface area is 174 Å². The minimum absolute atomic E-state index is 0.0686. The van der Waals surface area contributed by atoms with Crippen molar-refractivity contribution in [2.75, 3.05) is 0 Å². The van der Waals surface area contributed by atoms with Gasteiger partial charge in [-0.2, -0.15) is 15.1 Å². The van der Waals surface area contributed by atoms with E-state index in [1.54, 1.807) is 48.8 Å². The first-order valence-electron chi connectivity index (χ1n) is 8.85. The van der Waals surface area contributed by atoms with Gasteiger partial charge in [-0.3, -0.25) is 15.2 Å². The van der Waals surface area contributed by atoms with Gasteiger partial charge < -0.3 is 4.42 Å². The van der Waals surface area contributed by atoms with Crippen LogP contribution in [0.2, 0.25) is 0 Å². The normalized spacial score (nSPS) is 17.2. The van der Waals surface area contributed by atoms with Crippen molar-refractivity contribution in [3.8, 4) is 11.3 Å². The Hall–Kier alpha value is -3.85. The lowest BCUT2D eigenvalue weighted by Gasteiger charge is -2.19. The van der Waals surface area contributed by atoms with Gasteiger partial charge in [0, 0.05) is 23.5 Å². The third-order valence-corrected chi connectivity index (χ3v) is 5.38. The predicted octanol–water partition coefficient (Wildman–Crippen LogP) is 4.15. The fourth-order valence-electron chi connectivity index (χ4n) is 2.95. The average molecular weight is 417 g/mol. The maximum Gasteiger partial charge on any atom is 0.283 e. The van der Waals surface area contributed by atoms with Gasteiger partial charge in [-0.1, -0.05) is 0 Å². The zero-order valence-corrected chi connectivity index (χ0v) is 16.1. The molecule has 30 heavy (non-hydrogen) atoms. The van der Waals surface area contributed by atoms with Crippen molar-refractivity contribution in [2.24, 2.45) is 10.1 Å². The fraction of sp³-hybridized carbons (Fsp3) is 0. The summed E-state index contributed by atoms with van der Waals surface area (Å²) in [5, 5.41) is 15.2. The summed E-state index contributed by atoms with van der Waals surface area (Å²) >= 11 is 1.22. The Morgan fingerprint density at radius 3 is 2.57 bits per heavy atom. The molecule has 2 aliphatic rings. The second-order valence-electron chi connectivity index (χ2n) is 6.37. The van der Waals surface area contributed by atoms with Crippen LogP contribution in [0.4, 0.5) is 4.39 Å². The van der Waals surface area contributed by atoms with Gasteiger partial charge in [0.15, 0.2) is 5.84 Å². The number of carbonyl (C=O) groups excluding carboxylic acids is 1. The van der Waals surface area contributed by atoms with Crippen LogP contribution in [0.3, 0.4) is 0 Å². The van der Waals surface area contributed by atoms with E-state index >= 15 is 0 Å². The number of nitrogens with one attached hydrogen (secondary N) is 1. The van der Waals surface area contributed by atoms with Crippen LogP contribution in [0.25, 0.3) is 17.4 Å². The Morgan fingerprint density at radius 1 is 1.03 bits per heavy atom. The number of hydrogen-bond acceptors (Lipinski definition) is 6. The van der Waals surface area contributed by atoms with Gasteiger partial charge in [0.1, 0.15) is 22.4 Å². The van der Waals surface area contributed by atoms with Gasteiger partial charge in [-0.05, 0) is 66.4 Å². The lowest BCUT2D eigenvalue weighted by Crippen LogP contribution is -2.35. The van der Waals surface area contributed by atoms with E-state index in [4.69, 9.17) is 9.83 Å². The topological polar surface area (TPSA) is 94.9 Å². The van der Waals surface area contributed by atoms with Crippen molar-refractivity contribution in [3.05, 3.63) is 83.6 Å². The standard InChI is InChI=1S/C21H12FN5O2S/c22-14-3-1-12(2-4-14)17-6-5-15(29-17)11-16-18(23)27-21(25-19(16)28)30-20(26-27)13-7-9-24-10-8-13/h1-11,23H. The minimum Gasteiger partial charge on any atom is -0.457 e. The molecule has 0 bridgehead atoms. The first-order chi connectivity index (χ1) is 14.6. The minimum atomic E-state index is -0.537. The summed E-state index contributed by atoms with van der Waals surface area (Å²) in [6, 6.07) is 12.9. The highest BCUT2D eigenvalue weighted by Crippen LogP contribution is 2.31. The molecule has 0 unspecified atom stereocenters. The number of pyridine rings is 1. The van der Waals surface area contributed by atoms with Crippen LogP contribution in [0, 0.1) is 11.2 Å². The maximum atomic E-state index is 13.1. The molecule has 0 radical (unpaired) electrons. The summed E-state index contributed by atoms with van der Waals surface area (Å²) in [6.45, 7) is 0. The number of fused-ring (bicyclic) bond motifs is 1. The van der Waals surface area contributed by atoms with Crippen molar-refractivity contribution in [1.82, 2.24) is 9.99 Å². The molecule has 0 saturated carbocycles. The number of amides is 1. The summed E-state index contributed by atoms with van der Waals surface area (Å²) in [5.41, 5.74) is 1.60. The van der Waals surface area contributed by atoms with Crippen LogP contribution in [0.5, 0.6) is 0 Å². The lowest BCUT2D eigenvalue weighted by atomic mass is 10.1. The highest BCUT2D eigenvalue weighted by atomic mass is 32.2. The average Bonchev–Trinajstić information content (AvgIpc) is 3.40. The van der Waals surface area contributed by atoms with Crippen LogP contribution in [-0.2, 0) is 4.79 Å². The number of hydrogen-bond donors (Lipinski definition) is 1. The van der Waals surface area contributed by atoms with Gasteiger partial charge in [0.05, 0.1) is 5.57 Å². The van der Waals surface area contributed by atoms with Gasteiger partial charge >= 0.3 is 0 Å². The Kier molecular flexibility index (Phi) is 4.36. The van der Waals surface area contributed by atoms with Crippen LogP contribution in [-0.4, -0.2) is 31.9 Å². The molecule has 1 amide bonds. The number of benzene rings is 1. The van der Waals surface area contributed by atoms with Crippen LogP contribution in [0.15, 0.2) is 81.0 Å². The van der Waals surface area contributed by atoms with E-state index in [0.29, 0.717) is 27.3 Å². The molecular formula is C21H12FN5O2S. The van der Waals surface area contributed by atoms with E-state index in [1.165, 1.54) is 35.0 Å². The van der Waals surface area contributed by atoms with Crippen molar-refractivity contribution >= 4 is 39.8 Å². The third kappa shape index (κ3) is 3.25. The lowest BCUT2D eigenvalue weighted by molar-refractivity contribution is -0.114. The van der Waals surface area contributed by atoms with Gasteiger partial charge in [-0.15, -0.1) is 0 Å². The number of furan rings is 1. The number of aliphatic imine (C=N–C) groups is 1. The Morgan fingerprint density at radius 2 is 1.80 bits per heavy atom. The number of rotatable bonds is 3. The first kappa shape index (κ1) is 18.2. The molecule has 0 atom stereocenters. The second kappa shape index (κ2) is 7.20. The summed E-state index contributed by atoms with van der Waals surface area (Å²) in [4.78, 5) is 20.6. The van der Waals surface area contributed by atoms with Crippen LogP contribution >= 0.6 is 11.8 Å². The molecule has 0 spiro atoms. The second-order valence-corrected chi connectivity index (χ2v) is 7.33. The molecule has 9 heteroatoms. The van der Waals surface area contributed by atoms with E-state index in [9.17, 15) is 9.18 Å². The molecule has 2 aliphatic heterocycles. The highest BCUT2D eigenvalue weighted by Gasteiger charge is 2.36. The van der Waals surface area contributed by atoms with E-state index in [-0.39, 0.29) is 17.2 Å². The quantitative estimate of drug-likeness (QED) is 0.646. The monoisotopic (exact) mass is 417 g/mol. The van der Waals surface area contributed by atoms with Crippen molar-refractivity contribution in [3.63, 3.8) is 0 Å². The first-order valence-corrected chi connectivity index (χ1v) is 9.66. The van der Waals surface area contributed by atoms with E-state index in [1.807, 2.05) is 0 Å². The zero-order chi connectivity index (χ0) is 20.7. The molecule has 1 N–H and O–H groups in total. The van der Waals surface area contributed by atoms with Gasteiger partial charge in [-0.25, -0.2) is 4.39 Å².